The molecule has 0 aliphatic rings. The number of hydrogen-bond acceptors (Lipinski definition) is 2. The van der Waals surface area contributed by atoms with E-state index in [1.165, 1.54) is 0 Å². The summed E-state index contributed by atoms with van der Waals surface area (Å²) in [5, 5.41) is 13.1. The Morgan fingerprint density at radius 1 is 1.23 bits per heavy atom. The number of hydrogen-bond donors (Lipinski definition) is 3. The summed E-state index contributed by atoms with van der Waals surface area (Å²) in [6, 6.07) is 5.68. The topological polar surface area (TPSA) is 82.2 Å². The van der Waals surface area contributed by atoms with Crippen LogP contribution in [0.5, 0.6) is 0 Å². The monoisotopic (exact) mass is 322 g/mol. The van der Waals surface area contributed by atoms with Crippen molar-refractivity contribution in [3.05, 3.63) is 35.0 Å². The van der Waals surface area contributed by atoms with E-state index in [4.69, 9.17) is 16.7 Å². The van der Waals surface area contributed by atoms with Gasteiger partial charge in [-0.25, -0.2) is 0 Å². The van der Waals surface area contributed by atoms with Gasteiger partial charge in [-0.1, -0.05) is 11.6 Å². The van der Waals surface area contributed by atoms with Crippen LogP contribution in [-0.4, -0.2) is 28.5 Å². The van der Waals surface area contributed by atoms with E-state index in [2.05, 4.69) is 10.3 Å². The van der Waals surface area contributed by atoms with E-state index in [1.54, 1.807) is 0 Å². The maximum atomic E-state index is 11.6. The molecule has 2 rings (SSSR count). The fourth-order valence-corrected chi connectivity index (χ4v) is 2.52. The van der Waals surface area contributed by atoms with Gasteiger partial charge in [0.05, 0.1) is 0 Å². The molecule has 1 aromatic heterocycles. The molecular formula is C16H19ClN2O3. The molecule has 0 aliphatic carbocycles. The van der Waals surface area contributed by atoms with Crippen LogP contribution in [0.3, 0.4) is 0 Å². The van der Waals surface area contributed by atoms with Crippen LogP contribution < -0.4 is 5.32 Å². The van der Waals surface area contributed by atoms with Crippen molar-refractivity contribution < 1.29 is 14.7 Å². The molecule has 118 valence electrons. The van der Waals surface area contributed by atoms with Crippen LogP contribution >= 0.6 is 11.6 Å². The number of carboxylic acid groups (broad SMARTS) is 1. The Hall–Kier alpha value is -2.01. The van der Waals surface area contributed by atoms with E-state index in [0.29, 0.717) is 30.8 Å². The number of carboxylic acids is 1. The van der Waals surface area contributed by atoms with E-state index in [9.17, 15) is 9.59 Å². The van der Waals surface area contributed by atoms with Crippen LogP contribution in [-0.2, 0) is 16.0 Å². The second kappa shape index (κ2) is 7.84. The molecule has 0 fully saturated rings. The molecule has 0 unspecified atom stereocenters. The lowest BCUT2D eigenvalue weighted by Crippen LogP contribution is -2.25. The van der Waals surface area contributed by atoms with Gasteiger partial charge in [0.2, 0.25) is 5.91 Å². The van der Waals surface area contributed by atoms with Crippen LogP contribution in [0, 0.1) is 0 Å². The summed E-state index contributed by atoms with van der Waals surface area (Å²) in [5.41, 5.74) is 2.14. The zero-order valence-electron chi connectivity index (χ0n) is 12.2. The third-order valence-corrected chi connectivity index (χ3v) is 3.73. The van der Waals surface area contributed by atoms with Crippen LogP contribution in [0.4, 0.5) is 0 Å². The Kier molecular flexibility index (Phi) is 5.83. The Bertz CT molecular complexity index is 666. The Morgan fingerprint density at radius 3 is 2.77 bits per heavy atom. The number of carbonyl (C=O) groups excluding carboxylic acids is 1. The Labute approximate surface area is 133 Å². The molecule has 1 aromatic carbocycles. The predicted molar refractivity (Wildman–Crippen MR) is 86.1 cm³/mol. The maximum Gasteiger partial charge on any atom is 0.303 e. The smallest absolute Gasteiger partial charge is 0.303 e. The fraction of sp³-hybridized carbons (Fsp3) is 0.375. The zero-order valence-corrected chi connectivity index (χ0v) is 12.9. The van der Waals surface area contributed by atoms with Gasteiger partial charge in [-0.15, -0.1) is 0 Å². The van der Waals surface area contributed by atoms with Crippen molar-refractivity contribution in [2.45, 2.75) is 32.1 Å². The largest absolute Gasteiger partial charge is 0.481 e. The van der Waals surface area contributed by atoms with Crippen molar-refractivity contribution in [3.8, 4) is 0 Å². The molecule has 2 aromatic rings. The zero-order chi connectivity index (χ0) is 15.9. The van der Waals surface area contributed by atoms with Crippen molar-refractivity contribution in [1.82, 2.24) is 10.3 Å². The van der Waals surface area contributed by atoms with Crippen molar-refractivity contribution in [2.24, 2.45) is 0 Å². The van der Waals surface area contributed by atoms with Gasteiger partial charge >= 0.3 is 5.97 Å². The Morgan fingerprint density at radius 2 is 2.00 bits per heavy atom. The second-order valence-corrected chi connectivity index (χ2v) is 5.64. The molecule has 0 saturated heterocycles. The number of fused-ring (bicyclic) bond motifs is 1. The maximum absolute atomic E-state index is 11.6. The highest BCUT2D eigenvalue weighted by atomic mass is 35.5. The molecule has 1 amide bonds. The SMILES string of the molecule is O=C(O)CCCCC(=O)NCCc1c[nH]c2ccc(Cl)cc12. The molecule has 0 atom stereocenters. The minimum atomic E-state index is -0.821. The van der Waals surface area contributed by atoms with Crippen LogP contribution in [0.15, 0.2) is 24.4 Å². The van der Waals surface area contributed by atoms with Crippen molar-refractivity contribution in [1.29, 1.82) is 0 Å². The first kappa shape index (κ1) is 16.4. The molecule has 1 heterocycles. The molecular weight excluding hydrogens is 304 g/mol. The molecule has 0 spiro atoms. The van der Waals surface area contributed by atoms with Gasteiger partial charge in [0, 0.05) is 41.5 Å². The number of aromatic amines is 1. The molecule has 22 heavy (non-hydrogen) atoms. The lowest BCUT2D eigenvalue weighted by molar-refractivity contribution is -0.137. The summed E-state index contributed by atoms with van der Waals surface area (Å²) in [4.78, 5) is 25.2. The quantitative estimate of drug-likeness (QED) is 0.653. The number of benzene rings is 1. The molecule has 3 N–H and O–H groups in total. The van der Waals surface area contributed by atoms with E-state index < -0.39 is 5.97 Å². The fourth-order valence-electron chi connectivity index (χ4n) is 2.34. The number of aromatic nitrogens is 1. The van der Waals surface area contributed by atoms with Crippen molar-refractivity contribution in [2.75, 3.05) is 6.54 Å². The number of rotatable bonds is 8. The number of halogens is 1. The van der Waals surface area contributed by atoms with Gasteiger partial charge in [0.1, 0.15) is 0 Å². The number of carbonyl (C=O) groups is 2. The Balaban J connectivity index is 1.74. The van der Waals surface area contributed by atoms with Gasteiger partial charge in [-0.05, 0) is 43.0 Å². The summed E-state index contributed by atoms with van der Waals surface area (Å²) >= 11 is 6.00. The normalized spacial score (nSPS) is 10.8. The number of H-pyrrole nitrogens is 1. The van der Waals surface area contributed by atoms with Gasteiger partial charge in [0.25, 0.3) is 0 Å². The van der Waals surface area contributed by atoms with Crippen molar-refractivity contribution >= 4 is 34.4 Å². The van der Waals surface area contributed by atoms with E-state index in [-0.39, 0.29) is 12.3 Å². The minimum absolute atomic E-state index is 0.0386. The van der Waals surface area contributed by atoms with E-state index in [0.717, 1.165) is 22.9 Å². The molecule has 0 bridgehead atoms. The average molecular weight is 323 g/mol. The van der Waals surface area contributed by atoms with E-state index in [1.807, 2.05) is 24.4 Å². The van der Waals surface area contributed by atoms with Gasteiger partial charge in [-0.2, -0.15) is 0 Å². The summed E-state index contributed by atoms with van der Waals surface area (Å²) in [7, 11) is 0. The third-order valence-electron chi connectivity index (χ3n) is 3.49. The van der Waals surface area contributed by atoms with Crippen molar-refractivity contribution in [3.63, 3.8) is 0 Å². The highest BCUT2D eigenvalue weighted by molar-refractivity contribution is 6.31. The van der Waals surface area contributed by atoms with Crippen LogP contribution in [0.2, 0.25) is 5.02 Å². The highest BCUT2D eigenvalue weighted by Gasteiger charge is 2.06. The summed E-state index contributed by atoms with van der Waals surface area (Å²) < 4.78 is 0. The molecule has 0 aliphatic heterocycles. The average Bonchev–Trinajstić information content (AvgIpc) is 2.86. The number of unbranched alkanes of at least 4 members (excludes halogenated alkanes) is 1. The summed E-state index contributed by atoms with van der Waals surface area (Å²) in [5.74, 6) is -0.860. The summed E-state index contributed by atoms with van der Waals surface area (Å²) in [6.45, 7) is 0.553. The standard InChI is InChI=1S/C16H19ClN2O3/c17-12-5-6-14-13(9-12)11(10-19-14)7-8-18-15(20)3-1-2-4-16(21)22/h5-6,9-10,19H,1-4,7-8H2,(H,18,20)(H,21,22). The second-order valence-electron chi connectivity index (χ2n) is 5.20. The lowest BCUT2D eigenvalue weighted by atomic mass is 10.1. The predicted octanol–water partition coefficient (Wildman–Crippen LogP) is 3.13. The molecule has 5 nitrogen and oxygen atoms in total. The molecule has 6 heteroatoms. The number of aliphatic carboxylic acids is 1. The van der Waals surface area contributed by atoms with Gasteiger partial charge < -0.3 is 15.4 Å². The number of amides is 1. The lowest BCUT2D eigenvalue weighted by Gasteiger charge is -2.04. The van der Waals surface area contributed by atoms with Crippen LogP contribution in [0.1, 0.15) is 31.2 Å². The highest BCUT2D eigenvalue weighted by Crippen LogP contribution is 2.22. The molecule has 0 radical (unpaired) electrons. The summed E-state index contributed by atoms with van der Waals surface area (Å²) in [6.07, 6.45) is 4.27. The minimum Gasteiger partial charge on any atom is -0.481 e. The number of nitrogens with one attached hydrogen (secondary N) is 2. The first-order chi connectivity index (χ1) is 10.6. The van der Waals surface area contributed by atoms with Gasteiger partial charge in [-0.3, -0.25) is 9.59 Å². The molecule has 0 saturated carbocycles. The van der Waals surface area contributed by atoms with Gasteiger partial charge in [0.15, 0.2) is 0 Å². The third kappa shape index (κ3) is 4.77. The first-order valence-corrected chi connectivity index (χ1v) is 7.68. The van der Waals surface area contributed by atoms with E-state index >= 15 is 0 Å². The van der Waals surface area contributed by atoms with Crippen LogP contribution in [0.25, 0.3) is 10.9 Å². The first-order valence-electron chi connectivity index (χ1n) is 7.30.